The lowest BCUT2D eigenvalue weighted by Gasteiger charge is -2.15. The highest BCUT2D eigenvalue weighted by Gasteiger charge is 2.15. The van der Waals surface area contributed by atoms with Crippen molar-refractivity contribution in [1.82, 2.24) is 4.98 Å². The number of nitrogens with zero attached hydrogens (tertiary/aromatic N) is 1. The minimum Gasteiger partial charge on any atom is -0.487 e. The molecule has 2 rings (SSSR count). The first-order chi connectivity index (χ1) is 9.99. The van der Waals surface area contributed by atoms with E-state index in [-0.39, 0.29) is 30.1 Å². The quantitative estimate of drug-likeness (QED) is 0.887. The van der Waals surface area contributed by atoms with Gasteiger partial charge in [-0.2, -0.15) is 8.78 Å². The molecule has 1 aromatic carbocycles. The summed E-state index contributed by atoms with van der Waals surface area (Å²) in [4.78, 5) is 4.05. The predicted octanol–water partition coefficient (Wildman–Crippen LogP) is 3.22. The Morgan fingerprint density at radius 3 is 2.57 bits per heavy atom. The lowest BCUT2D eigenvalue weighted by atomic mass is 10.2. The Bertz CT molecular complexity index is 598. The molecule has 114 valence electrons. The van der Waals surface area contributed by atoms with Gasteiger partial charge in [0.2, 0.25) is 5.89 Å². The molecule has 0 unspecified atom stereocenters. The van der Waals surface area contributed by atoms with Gasteiger partial charge in [0.05, 0.1) is 12.7 Å². The molecule has 2 aromatic rings. The van der Waals surface area contributed by atoms with Gasteiger partial charge in [-0.05, 0) is 32.0 Å². The zero-order valence-corrected chi connectivity index (χ0v) is 11.5. The summed E-state index contributed by atoms with van der Waals surface area (Å²) in [5.74, 6) is 0.374. The van der Waals surface area contributed by atoms with Crippen molar-refractivity contribution < 1.29 is 27.8 Å². The summed E-state index contributed by atoms with van der Waals surface area (Å²) in [6.45, 7) is 0.362. The average molecular weight is 299 g/mol. The van der Waals surface area contributed by atoms with E-state index in [0.29, 0.717) is 11.3 Å². The van der Waals surface area contributed by atoms with Crippen LogP contribution < -0.4 is 9.47 Å². The highest BCUT2D eigenvalue weighted by atomic mass is 19.3. The molecule has 0 bridgehead atoms. The van der Waals surface area contributed by atoms with Crippen LogP contribution in [0.25, 0.3) is 11.5 Å². The van der Waals surface area contributed by atoms with Crippen molar-refractivity contribution in [2.24, 2.45) is 0 Å². The molecule has 1 N–H and O–H groups in total. The van der Waals surface area contributed by atoms with E-state index in [0.717, 1.165) is 0 Å². The van der Waals surface area contributed by atoms with E-state index in [1.165, 1.54) is 24.5 Å². The minimum atomic E-state index is -2.94. The number of halogens is 2. The predicted molar refractivity (Wildman–Crippen MR) is 70.3 cm³/mol. The first kappa shape index (κ1) is 15.2. The smallest absolute Gasteiger partial charge is 0.387 e. The van der Waals surface area contributed by atoms with E-state index >= 15 is 0 Å². The van der Waals surface area contributed by atoms with Crippen molar-refractivity contribution in [2.75, 3.05) is 0 Å². The summed E-state index contributed by atoms with van der Waals surface area (Å²) in [7, 11) is 0. The summed E-state index contributed by atoms with van der Waals surface area (Å²) < 4.78 is 39.8. The average Bonchev–Trinajstić information content (AvgIpc) is 2.88. The van der Waals surface area contributed by atoms with Crippen LogP contribution in [0.5, 0.6) is 11.5 Å². The molecule has 0 fully saturated rings. The molecular formula is C14H15F2NO4. The first-order valence-electron chi connectivity index (χ1n) is 6.30. The van der Waals surface area contributed by atoms with Crippen molar-refractivity contribution in [1.29, 1.82) is 0 Å². The SMILES string of the molecule is CC(C)Oc1cc(-c2nc(CO)co2)ccc1OC(F)F. The van der Waals surface area contributed by atoms with E-state index in [9.17, 15) is 8.78 Å². The number of aromatic nitrogens is 1. The largest absolute Gasteiger partial charge is 0.487 e. The van der Waals surface area contributed by atoms with E-state index in [4.69, 9.17) is 14.3 Å². The monoisotopic (exact) mass is 299 g/mol. The Labute approximate surface area is 120 Å². The van der Waals surface area contributed by atoms with Gasteiger partial charge in [-0.3, -0.25) is 0 Å². The highest BCUT2D eigenvalue weighted by molar-refractivity contribution is 5.60. The Balaban J connectivity index is 2.35. The zero-order valence-electron chi connectivity index (χ0n) is 11.5. The third-order valence-corrected chi connectivity index (χ3v) is 2.48. The van der Waals surface area contributed by atoms with Crippen molar-refractivity contribution in [2.45, 2.75) is 33.2 Å². The number of aliphatic hydroxyl groups is 1. The van der Waals surface area contributed by atoms with E-state index in [2.05, 4.69) is 9.72 Å². The van der Waals surface area contributed by atoms with Crippen LogP contribution in [0.15, 0.2) is 28.9 Å². The molecule has 1 aromatic heterocycles. The van der Waals surface area contributed by atoms with Gasteiger partial charge < -0.3 is 19.0 Å². The summed E-state index contributed by atoms with van der Waals surface area (Å²) in [5, 5.41) is 8.96. The van der Waals surface area contributed by atoms with Crippen LogP contribution in [0.3, 0.4) is 0 Å². The van der Waals surface area contributed by atoms with Gasteiger partial charge in [0.1, 0.15) is 12.0 Å². The molecule has 0 aliphatic carbocycles. The summed E-state index contributed by atoms with van der Waals surface area (Å²) in [5.41, 5.74) is 0.913. The van der Waals surface area contributed by atoms with Gasteiger partial charge >= 0.3 is 6.61 Å². The van der Waals surface area contributed by atoms with Gasteiger partial charge in [0.15, 0.2) is 11.5 Å². The van der Waals surface area contributed by atoms with E-state index in [1.807, 2.05) is 0 Å². The van der Waals surface area contributed by atoms with Crippen LogP contribution in [0.1, 0.15) is 19.5 Å². The molecule has 0 saturated carbocycles. The molecule has 21 heavy (non-hydrogen) atoms. The maximum Gasteiger partial charge on any atom is 0.387 e. The number of rotatable bonds is 6. The molecule has 0 saturated heterocycles. The molecule has 0 atom stereocenters. The van der Waals surface area contributed by atoms with Gasteiger partial charge in [0.25, 0.3) is 0 Å². The number of ether oxygens (including phenoxy) is 2. The first-order valence-corrected chi connectivity index (χ1v) is 6.30. The number of hydrogen-bond donors (Lipinski definition) is 1. The molecule has 0 aliphatic heterocycles. The van der Waals surface area contributed by atoms with Crippen molar-refractivity contribution >= 4 is 0 Å². The fourth-order valence-corrected chi connectivity index (χ4v) is 1.69. The molecule has 1 heterocycles. The Morgan fingerprint density at radius 1 is 1.24 bits per heavy atom. The number of alkyl halides is 2. The lowest BCUT2D eigenvalue weighted by molar-refractivity contribution is -0.0518. The van der Waals surface area contributed by atoms with Gasteiger partial charge in [-0.25, -0.2) is 4.98 Å². The Kier molecular flexibility index (Phi) is 4.74. The fraction of sp³-hybridized carbons (Fsp3) is 0.357. The number of aliphatic hydroxyl groups excluding tert-OH is 1. The summed E-state index contributed by atoms with van der Waals surface area (Å²) in [6, 6.07) is 4.39. The second-order valence-electron chi connectivity index (χ2n) is 4.51. The normalized spacial score (nSPS) is 11.2. The fourth-order valence-electron chi connectivity index (χ4n) is 1.69. The third kappa shape index (κ3) is 3.91. The lowest BCUT2D eigenvalue weighted by Crippen LogP contribution is -2.09. The van der Waals surface area contributed by atoms with Crippen LogP contribution >= 0.6 is 0 Å². The van der Waals surface area contributed by atoms with E-state index in [1.54, 1.807) is 13.8 Å². The summed E-state index contributed by atoms with van der Waals surface area (Å²) >= 11 is 0. The van der Waals surface area contributed by atoms with Crippen LogP contribution in [0, 0.1) is 0 Å². The van der Waals surface area contributed by atoms with Crippen LogP contribution in [-0.2, 0) is 6.61 Å². The van der Waals surface area contributed by atoms with E-state index < -0.39 is 6.61 Å². The molecule has 0 amide bonds. The molecule has 0 spiro atoms. The molecule has 0 radical (unpaired) electrons. The zero-order chi connectivity index (χ0) is 15.4. The molecule has 5 nitrogen and oxygen atoms in total. The van der Waals surface area contributed by atoms with Crippen LogP contribution in [-0.4, -0.2) is 22.8 Å². The number of benzene rings is 1. The molecule has 0 aliphatic rings. The number of hydrogen-bond acceptors (Lipinski definition) is 5. The molecule has 7 heteroatoms. The molecular weight excluding hydrogens is 284 g/mol. The Morgan fingerprint density at radius 2 is 2.00 bits per heavy atom. The van der Waals surface area contributed by atoms with Crippen molar-refractivity contribution in [3.8, 4) is 23.0 Å². The Hall–Kier alpha value is -2.15. The van der Waals surface area contributed by atoms with Crippen molar-refractivity contribution in [3.05, 3.63) is 30.2 Å². The van der Waals surface area contributed by atoms with Gasteiger partial charge in [0, 0.05) is 5.56 Å². The second kappa shape index (κ2) is 6.53. The summed E-state index contributed by atoms with van der Waals surface area (Å²) in [6.07, 6.45) is 1.11. The highest BCUT2D eigenvalue weighted by Crippen LogP contribution is 2.34. The van der Waals surface area contributed by atoms with Gasteiger partial charge in [-0.15, -0.1) is 0 Å². The maximum atomic E-state index is 12.4. The maximum absolute atomic E-state index is 12.4. The van der Waals surface area contributed by atoms with Crippen LogP contribution in [0.4, 0.5) is 8.78 Å². The minimum absolute atomic E-state index is 0.0589. The topological polar surface area (TPSA) is 64.7 Å². The number of oxazole rings is 1. The van der Waals surface area contributed by atoms with Gasteiger partial charge in [-0.1, -0.05) is 0 Å². The standard InChI is InChI=1S/C14H15F2NO4/c1-8(2)20-12-5-9(3-4-11(12)21-14(15)16)13-17-10(6-18)7-19-13/h3-5,7-8,14,18H,6H2,1-2H3. The second-order valence-corrected chi connectivity index (χ2v) is 4.51. The third-order valence-electron chi connectivity index (χ3n) is 2.48. The van der Waals surface area contributed by atoms with Crippen LogP contribution in [0.2, 0.25) is 0 Å². The van der Waals surface area contributed by atoms with Crippen molar-refractivity contribution in [3.63, 3.8) is 0 Å².